The summed E-state index contributed by atoms with van der Waals surface area (Å²) >= 11 is 0. The number of carbonyl (C=O) groups is 2. The Labute approximate surface area is 116 Å². The summed E-state index contributed by atoms with van der Waals surface area (Å²) in [6, 6.07) is 0. The van der Waals surface area contributed by atoms with Gasteiger partial charge in [-0.1, -0.05) is 33.1 Å². The van der Waals surface area contributed by atoms with Crippen LogP contribution in [0.3, 0.4) is 0 Å². The fraction of sp³-hybridized carbons (Fsp3) is 0.867. The maximum Gasteiger partial charge on any atom is 0.306 e. The maximum absolute atomic E-state index is 12.1. The first-order valence-electron chi connectivity index (χ1n) is 7.60. The molecule has 0 radical (unpaired) electrons. The molecule has 0 aromatic carbocycles. The molecule has 2 unspecified atom stereocenters. The molecule has 0 aliphatic heterocycles. The van der Waals surface area contributed by atoms with E-state index in [4.69, 9.17) is 5.11 Å². The third-order valence-electron chi connectivity index (χ3n) is 4.16. The number of aliphatic carboxylic acids is 1. The summed E-state index contributed by atoms with van der Waals surface area (Å²) in [5, 5.41) is 12.1. The van der Waals surface area contributed by atoms with Gasteiger partial charge >= 0.3 is 5.97 Å². The molecule has 1 saturated carbocycles. The van der Waals surface area contributed by atoms with E-state index in [2.05, 4.69) is 19.2 Å². The van der Waals surface area contributed by atoms with Gasteiger partial charge in [0.25, 0.3) is 0 Å². The number of nitrogens with one attached hydrogen (secondary N) is 1. The van der Waals surface area contributed by atoms with Crippen molar-refractivity contribution in [3.8, 4) is 0 Å². The van der Waals surface area contributed by atoms with Crippen LogP contribution in [0.2, 0.25) is 0 Å². The van der Waals surface area contributed by atoms with E-state index in [9.17, 15) is 9.59 Å². The third-order valence-corrected chi connectivity index (χ3v) is 4.16. The predicted octanol–water partition coefficient (Wildman–Crippen LogP) is 2.82. The summed E-state index contributed by atoms with van der Waals surface area (Å²) in [7, 11) is 0. The number of carboxylic acids is 1. The van der Waals surface area contributed by atoms with Gasteiger partial charge in [-0.15, -0.1) is 0 Å². The molecular formula is C15H27NO3. The van der Waals surface area contributed by atoms with Crippen molar-refractivity contribution in [1.29, 1.82) is 0 Å². The van der Waals surface area contributed by atoms with Crippen molar-refractivity contribution >= 4 is 11.9 Å². The van der Waals surface area contributed by atoms with Gasteiger partial charge in [0, 0.05) is 12.5 Å². The molecule has 1 amide bonds. The van der Waals surface area contributed by atoms with E-state index in [1.807, 2.05) is 0 Å². The van der Waals surface area contributed by atoms with E-state index >= 15 is 0 Å². The standard InChI is InChI=1S/C15H27NO3/c1-3-6-11(7-4-2)14(17)16-10-12-8-5-9-13(12)15(18)19/h11-13H,3-10H2,1-2H3,(H,16,17)(H,18,19). The van der Waals surface area contributed by atoms with Crippen molar-refractivity contribution in [3.63, 3.8) is 0 Å². The van der Waals surface area contributed by atoms with E-state index < -0.39 is 5.97 Å². The quantitative estimate of drug-likeness (QED) is 0.712. The zero-order chi connectivity index (χ0) is 14.3. The number of amides is 1. The Bertz CT molecular complexity index is 298. The normalized spacial score (nSPS) is 22.7. The summed E-state index contributed by atoms with van der Waals surface area (Å²) in [5.41, 5.74) is 0. The van der Waals surface area contributed by atoms with E-state index in [0.29, 0.717) is 6.54 Å². The lowest BCUT2D eigenvalue weighted by molar-refractivity contribution is -0.143. The van der Waals surface area contributed by atoms with Crippen molar-refractivity contribution in [3.05, 3.63) is 0 Å². The summed E-state index contributed by atoms with van der Waals surface area (Å²) in [5.74, 6) is -0.656. The number of carboxylic acid groups (broad SMARTS) is 1. The number of rotatable bonds is 8. The van der Waals surface area contributed by atoms with Gasteiger partial charge in [-0.2, -0.15) is 0 Å². The summed E-state index contributed by atoms with van der Waals surface area (Å²) in [6.07, 6.45) is 6.51. The first kappa shape index (κ1) is 16.0. The summed E-state index contributed by atoms with van der Waals surface area (Å²) < 4.78 is 0. The molecule has 19 heavy (non-hydrogen) atoms. The number of hydrogen-bond donors (Lipinski definition) is 2. The van der Waals surface area contributed by atoms with Crippen LogP contribution in [-0.4, -0.2) is 23.5 Å². The van der Waals surface area contributed by atoms with Crippen LogP contribution in [0, 0.1) is 17.8 Å². The Kier molecular flexibility index (Phi) is 6.89. The molecule has 2 N–H and O–H groups in total. The van der Waals surface area contributed by atoms with Crippen molar-refractivity contribution in [2.45, 2.75) is 58.8 Å². The lowest BCUT2D eigenvalue weighted by Gasteiger charge is -2.19. The zero-order valence-electron chi connectivity index (χ0n) is 12.2. The van der Waals surface area contributed by atoms with Gasteiger partial charge in [0.1, 0.15) is 0 Å². The lowest BCUT2D eigenvalue weighted by Crippen LogP contribution is -2.36. The van der Waals surface area contributed by atoms with Gasteiger partial charge in [0.2, 0.25) is 5.91 Å². The Hall–Kier alpha value is -1.06. The van der Waals surface area contributed by atoms with Crippen LogP contribution in [0.1, 0.15) is 58.8 Å². The van der Waals surface area contributed by atoms with Crippen molar-refractivity contribution in [2.75, 3.05) is 6.54 Å². The predicted molar refractivity (Wildman–Crippen MR) is 74.8 cm³/mol. The molecule has 2 atom stereocenters. The highest BCUT2D eigenvalue weighted by Gasteiger charge is 2.33. The highest BCUT2D eigenvalue weighted by Crippen LogP contribution is 2.31. The average molecular weight is 269 g/mol. The van der Waals surface area contributed by atoms with Crippen LogP contribution in [0.25, 0.3) is 0 Å². The smallest absolute Gasteiger partial charge is 0.306 e. The van der Waals surface area contributed by atoms with Crippen LogP contribution >= 0.6 is 0 Å². The fourth-order valence-electron chi connectivity index (χ4n) is 3.09. The molecule has 0 heterocycles. The van der Waals surface area contributed by atoms with E-state index in [-0.39, 0.29) is 23.7 Å². The van der Waals surface area contributed by atoms with Gasteiger partial charge in [0.15, 0.2) is 0 Å². The molecule has 4 heteroatoms. The van der Waals surface area contributed by atoms with E-state index in [0.717, 1.165) is 44.9 Å². The van der Waals surface area contributed by atoms with Gasteiger partial charge in [-0.3, -0.25) is 9.59 Å². The molecule has 1 fully saturated rings. The zero-order valence-corrected chi connectivity index (χ0v) is 12.2. The summed E-state index contributed by atoms with van der Waals surface area (Å²) in [4.78, 5) is 23.2. The molecule has 1 aliphatic rings. The lowest BCUT2D eigenvalue weighted by atomic mass is 9.94. The Morgan fingerprint density at radius 1 is 1.21 bits per heavy atom. The van der Waals surface area contributed by atoms with E-state index in [1.165, 1.54) is 0 Å². The number of hydrogen-bond acceptors (Lipinski definition) is 2. The summed E-state index contributed by atoms with van der Waals surface area (Å²) in [6.45, 7) is 4.71. The second kappa shape index (κ2) is 8.18. The van der Waals surface area contributed by atoms with Gasteiger partial charge < -0.3 is 10.4 Å². The molecular weight excluding hydrogens is 242 g/mol. The third kappa shape index (κ3) is 4.84. The van der Waals surface area contributed by atoms with Crippen LogP contribution in [0.5, 0.6) is 0 Å². The second-order valence-corrected chi connectivity index (χ2v) is 5.66. The van der Waals surface area contributed by atoms with Crippen molar-refractivity contribution in [2.24, 2.45) is 17.8 Å². The Balaban J connectivity index is 2.41. The molecule has 0 saturated heterocycles. The molecule has 0 aromatic rings. The molecule has 1 aliphatic carbocycles. The molecule has 0 bridgehead atoms. The van der Waals surface area contributed by atoms with Crippen LogP contribution in [0.15, 0.2) is 0 Å². The molecule has 110 valence electrons. The highest BCUT2D eigenvalue weighted by atomic mass is 16.4. The van der Waals surface area contributed by atoms with Gasteiger partial charge in [0.05, 0.1) is 5.92 Å². The Morgan fingerprint density at radius 3 is 2.37 bits per heavy atom. The van der Waals surface area contributed by atoms with Gasteiger partial charge in [-0.25, -0.2) is 0 Å². The van der Waals surface area contributed by atoms with Crippen LogP contribution in [-0.2, 0) is 9.59 Å². The average Bonchev–Trinajstić information content (AvgIpc) is 2.84. The minimum atomic E-state index is -0.713. The molecule has 1 rings (SSSR count). The topological polar surface area (TPSA) is 66.4 Å². The second-order valence-electron chi connectivity index (χ2n) is 5.66. The molecule has 0 aromatic heterocycles. The van der Waals surface area contributed by atoms with Crippen LogP contribution in [0.4, 0.5) is 0 Å². The fourth-order valence-corrected chi connectivity index (χ4v) is 3.09. The first-order valence-corrected chi connectivity index (χ1v) is 7.60. The monoisotopic (exact) mass is 269 g/mol. The van der Waals surface area contributed by atoms with Gasteiger partial charge in [-0.05, 0) is 31.6 Å². The van der Waals surface area contributed by atoms with Crippen molar-refractivity contribution in [1.82, 2.24) is 5.32 Å². The minimum Gasteiger partial charge on any atom is -0.481 e. The largest absolute Gasteiger partial charge is 0.481 e. The minimum absolute atomic E-state index is 0.0969. The van der Waals surface area contributed by atoms with Crippen molar-refractivity contribution < 1.29 is 14.7 Å². The first-order chi connectivity index (χ1) is 9.10. The van der Waals surface area contributed by atoms with Crippen LogP contribution < -0.4 is 5.32 Å². The highest BCUT2D eigenvalue weighted by molar-refractivity contribution is 5.78. The maximum atomic E-state index is 12.1. The SMILES string of the molecule is CCCC(CCC)C(=O)NCC1CCCC1C(=O)O. The Morgan fingerprint density at radius 2 is 1.84 bits per heavy atom. The molecule has 4 nitrogen and oxygen atoms in total. The van der Waals surface area contributed by atoms with E-state index in [1.54, 1.807) is 0 Å². The number of carbonyl (C=O) groups excluding carboxylic acids is 1. The molecule has 0 spiro atoms.